The lowest BCUT2D eigenvalue weighted by Gasteiger charge is -2.14. The Balaban J connectivity index is 2.59. The highest BCUT2D eigenvalue weighted by atomic mass is 35.5. The lowest BCUT2D eigenvalue weighted by molar-refractivity contribution is 0.515. The lowest BCUT2D eigenvalue weighted by atomic mass is 10.1. The van der Waals surface area contributed by atoms with Crippen LogP contribution in [0.25, 0.3) is 0 Å². The molecule has 1 atom stereocenters. The van der Waals surface area contributed by atoms with E-state index in [0.29, 0.717) is 10.6 Å². The summed E-state index contributed by atoms with van der Waals surface area (Å²) in [6.07, 6.45) is 0. The fourth-order valence-electron chi connectivity index (χ4n) is 1.74. The van der Waals surface area contributed by atoms with Crippen LogP contribution in [-0.4, -0.2) is 9.55 Å². The second-order valence-electron chi connectivity index (χ2n) is 3.96. The number of benzene rings is 1. The Bertz CT molecular complexity index is 722. The van der Waals surface area contributed by atoms with Crippen molar-refractivity contribution >= 4 is 23.2 Å². The van der Waals surface area contributed by atoms with Crippen molar-refractivity contribution < 1.29 is 4.39 Å². The molecule has 1 heterocycles. The van der Waals surface area contributed by atoms with Gasteiger partial charge < -0.3 is 0 Å². The van der Waals surface area contributed by atoms with Crippen LogP contribution in [0.5, 0.6) is 0 Å². The summed E-state index contributed by atoms with van der Waals surface area (Å²) in [4.78, 5) is 25.6. The quantitative estimate of drug-likeness (QED) is 0.867. The molecule has 4 nitrogen and oxygen atoms in total. The van der Waals surface area contributed by atoms with Crippen LogP contribution in [0.4, 0.5) is 4.39 Å². The monoisotopic (exact) mass is 302 g/mol. The standard InChI is InChI=1S/C12H9Cl2FN2O2/c1-6(7-2-4-8(13)5-3-7)17-11(18)9(15)10(14)16-12(17)19/h2-6H,1H3,(H,16,19). The molecule has 0 bridgehead atoms. The summed E-state index contributed by atoms with van der Waals surface area (Å²) in [6, 6.07) is 5.93. The van der Waals surface area contributed by atoms with E-state index in [9.17, 15) is 14.0 Å². The predicted molar refractivity (Wildman–Crippen MR) is 71.6 cm³/mol. The average Bonchev–Trinajstić information content (AvgIpc) is 2.37. The van der Waals surface area contributed by atoms with E-state index in [-0.39, 0.29) is 0 Å². The number of nitrogens with zero attached hydrogens (tertiary/aromatic N) is 1. The first-order valence-corrected chi connectivity index (χ1v) is 6.12. The van der Waals surface area contributed by atoms with Crippen LogP contribution in [0, 0.1) is 5.82 Å². The van der Waals surface area contributed by atoms with Crippen molar-refractivity contribution in [3.8, 4) is 0 Å². The highest BCUT2D eigenvalue weighted by molar-refractivity contribution is 6.30. The molecule has 100 valence electrons. The van der Waals surface area contributed by atoms with Crippen molar-refractivity contribution in [1.82, 2.24) is 9.55 Å². The summed E-state index contributed by atoms with van der Waals surface area (Å²) in [5.74, 6) is -1.18. The van der Waals surface area contributed by atoms with Gasteiger partial charge in [0, 0.05) is 5.02 Å². The van der Waals surface area contributed by atoms with E-state index in [1.807, 2.05) is 0 Å². The van der Waals surface area contributed by atoms with Crippen LogP contribution in [0.1, 0.15) is 18.5 Å². The zero-order valence-corrected chi connectivity index (χ0v) is 11.3. The Morgan fingerprint density at radius 1 is 1.21 bits per heavy atom. The molecule has 0 amide bonds. The summed E-state index contributed by atoms with van der Waals surface area (Å²) in [6.45, 7) is 1.60. The number of nitrogens with one attached hydrogen (secondary N) is 1. The molecule has 7 heteroatoms. The molecule has 1 aromatic heterocycles. The molecule has 19 heavy (non-hydrogen) atoms. The number of hydrogen-bond acceptors (Lipinski definition) is 2. The number of hydrogen-bond donors (Lipinski definition) is 1. The molecule has 2 aromatic rings. The zero-order chi connectivity index (χ0) is 14.2. The molecule has 0 aliphatic heterocycles. The molecule has 0 fully saturated rings. The fourth-order valence-corrected chi connectivity index (χ4v) is 2.03. The summed E-state index contributed by atoms with van der Waals surface area (Å²) < 4.78 is 14.2. The zero-order valence-electron chi connectivity index (χ0n) is 9.78. The third-order valence-corrected chi connectivity index (χ3v) is 3.29. The minimum absolute atomic E-state index is 0.527. The first kappa shape index (κ1) is 13.8. The van der Waals surface area contributed by atoms with Crippen LogP contribution in [-0.2, 0) is 0 Å². The van der Waals surface area contributed by atoms with Gasteiger partial charge in [0.1, 0.15) is 0 Å². The van der Waals surface area contributed by atoms with Gasteiger partial charge in [-0.2, -0.15) is 4.39 Å². The topological polar surface area (TPSA) is 54.9 Å². The number of aromatic amines is 1. The van der Waals surface area contributed by atoms with E-state index in [1.165, 1.54) is 0 Å². The predicted octanol–water partition coefficient (Wildman–Crippen LogP) is 2.59. The Morgan fingerprint density at radius 2 is 1.79 bits per heavy atom. The summed E-state index contributed by atoms with van der Waals surface area (Å²) >= 11 is 11.2. The second kappa shape index (κ2) is 5.19. The normalized spacial score (nSPS) is 12.4. The van der Waals surface area contributed by atoms with E-state index in [4.69, 9.17) is 23.2 Å². The lowest BCUT2D eigenvalue weighted by Crippen LogP contribution is -2.39. The van der Waals surface area contributed by atoms with E-state index in [2.05, 4.69) is 4.98 Å². The molecule has 0 aliphatic carbocycles. The van der Waals surface area contributed by atoms with Crippen molar-refractivity contribution in [1.29, 1.82) is 0 Å². The van der Waals surface area contributed by atoms with Gasteiger partial charge in [-0.1, -0.05) is 35.3 Å². The second-order valence-corrected chi connectivity index (χ2v) is 4.78. The van der Waals surface area contributed by atoms with Crippen molar-refractivity contribution in [3.63, 3.8) is 0 Å². The number of aromatic nitrogens is 2. The minimum atomic E-state index is -1.18. The van der Waals surface area contributed by atoms with Crippen LogP contribution in [0.15, 0.2) is 33.9 Å². The maximum absolute atomic E-state index is 13.5. The van der Waals surface area contributed by atoms with Gasteiger partial charge in [-0.05, 0) is 24.6 Å². The molecule has 2 rings (SSSR count). The Kier molecular flexibility index (Phi) is 3.78. The molecular formula is C12H9Cl2FN2O2. The van der Waals surface area contributed by atoms with Gasteiger partial charge in [0.05, 0.1) is 6.04 Å². The van der Waals surface area contributed by atoms with Gasteiger partial charge >= 0.3 is 5.69 Å². The number of rotatable bonds is 2. The highest BCUT2D eigenvalue weighted by Gasteiger charge is 2.18. The molecule has 1 N–H and O–H groups in total. The van der Waals surface area contributed by atoms with Gasteiger partial charge in [0.2, 0.25) is 5.82 Å². The first-order valence-electron chi connectivity index (χ1n) is 5.37. The average molecular weight is 303 g/mol. The Labute approximate surface area is 117 Å². The van der Waals surface area contributed by atoms with Crippen LogP contribution >= 0.6 is 23.2 Å². The van der Waals surface area contributed by atoms with Gasteiger partial charge in [0.15, 0.2) is 5.15 Å². The highest BCUT2D eigenvalue weighted by Crippen LogP contribution is 2.18. The summed E-state index contributed by atoms with van der Waals surface area (Å²) in [5, 5.41) is -0.0611. The van der Waals surface area contributed by atoms with E-state index in [0.717, 1.165) is 4.57 Å². The van der Waals surface area contributed by atoms with Crippen molar-refractivity contribution in [2.45, 2.75) is 13.0 Å². The van der Waals surface area contributed by atoms with Gasteiger partial charge in [0.25, 0.3) is 5.56 Å². The fraction of sp³-hybridized carbons (Fsp3) is 0.167. The molecule has 0 spiro atoms. The molecular weight excluding hydrogens is 294 g/mol. The summed E-state index contributed by atoms with van der Waals surface area (Å²) in [7, 11) is 0. The summed E-state index contributed by atoms with van der Waals surface area (Å²) in [5.41, 5.74) is -1.17. The third kappa shape index (κ3) is 2.57. The van der Waals surface area contributed by atoms with Gasteiger partial charge in [-0.25, -0.2) is 4.79 Å². The van der Waals surface area contributed by atoms with E-state index in [1.54, 1.807) is 31.2 Å². The van der Waals surface area contributed by atoms with E-state index >= 15 is 0 Å². The van der Waals surface area contributed by atoms with Crippen molar-refractivity contribution in [2.24, 2.45) is 0 Å². The van der Waals surface area contributed by atoms with Crippen LogP contribution in [0.3, 0.4) is 0 Å². The van der Waals surface area contributed by atoms with Crippen molar-refractivity contribution in [2.75, 3.05) is 0 Å². The Morgan fingerprint density at radius 3 is 2.37 bits per heavy atom. The number of H-pyrrole nitrogens is 1. The van der Waals surface area contributed by atoms with Gasteiger partial charge in [-0.3, -0.25) is 14.3 Å². The van der Waals surface area contributed by atoms with E-state index < -0.39 is 28.3 Å². The van der Waals surface area contributed by atoms with Crippen LogP contribution < -0.4 is 11.2 Å². The van der Waals surface area contributed by atoms with Gasteiger partial charge in [-0.15, -0.1) is 0 Å². The largest absolute Gasteiger partial charge is 0.330 e. The SMILES string of the molecule is CC(c1ccc(Cl)cc1)n1c(=O)[nH]c(Cl)c(F)c1=O. The minimum Gasteiger partial charge on any atom is -0.295 e. The smallest absolute Gasteiger partial charge is 0.295 e. The maximum Gasteiger partial charge on any atom is 0.330 e. The molecule has 0 aliphatic rings. The molecule has 1 aromatic carbocycles. The third-order valence-electron chi connectivity index (χ3n) is 2.77. The molecule has 0 saturated heterocycles. The maximum atomic E-state index is 13.5. The van der Waals surface area contributed by atoms with Crippen LogP contribution in [0.2, 0.25) is 10.2 Å². The molecule has 1 unspecified atom stereocenters. The molecule has 0 radical (unpaired) electrons. The first-order chi connectivity index (χ1) is 8.91. The van der Waals surface area contributed by atoms with Crippen molar-refractivity contribution in [3.05, 3.63) is 66.7 Å². The Hall–Kier alpha value is -1.59. The molecule has 0 saturated carbocycles. The number of halogens is 3.